The van der Waals surface area contributed by atoms with Gasteiger partial charge < -0.3 is 25.4 Å². The summed E-state index contributed by atoms with van der Waals surface area (Å²) in [5.74, 6) is -3.94. The number of rotatable bonds is 7. The van der Waals surface area contributed by atoms with E-state index in [1.54, 1.807) is 0 Å². The van der Waals surface area contributed by atoms with Crippen molar-refractivity contribution in [1.82, 2.24) is 10.3 Å². The molecule has 40 heavy (non-hydrogen) atoms. The first kappa shape index (κ1) is 27.9. The molecule has 0 saturated carbocycles. The Kier molecular flexibility index (Phi) is 7.62. The van der Waals surface area contributed by atoms with E-state index in [9.17, 15) is 42.9 Å². The van der Waals surface area contributed by atoms with Crippen LogP contribution in [0.2, 0.25) is 0 Å². The number of ether oxygens (including phenoxy) is 1. The van der Waals surface area contributed by atoms with Crippen LogP contribution >= 0.6 is 0 Å². The van der Waals surface area contributed by atoms with Crippen molar-refractivity contribution >= 4 is 28.7 Å². The predicted octanol–water partition coefficient (Wildman–Crippen LogP) is 4.54. The van der Waals surface area contributed by atoms with Gasteiger partial charge in [-0.3, -0.25) is 4.79 Å². The number of carboxylic acid groups (broad SMARTS) is 1. The fourth-order valence-corrected chi connectivity index (χ4v) is 4.07. The van der Waals surface area contributed by atoms with Gasteiger partial charge in [-0.2, -0.15) is 13.2 Å². The molecule has 0 radical (unpaired) electrons. The number of nitrogens with one attached hydrogen (secondary N) is 1. The van der Waals surface area contributed by atoms with Gasteiger partial charge in [-0.25, -0.2) is 14.6 Å². The number of carbonyl (C=O) groups is 3. The highest BCUT2D eigenvalue weighted by Gasteiger charge is 2.30. The van der Waals surface area contributed by atoms with Gasteiger partial charge in [0, 0.05) is 11.8 Å². The number of carbonyl (C=O) groups excluding carboxylic acids is 2. The Bertz CT molecular complexity index is 1640. The number of phenolic OH excluding ortho intramolecular Hbond substituents is 2. The smallest absolute Gasteiger partial charge is 0.416 e. The van der Waals surface area contributed by atoms with Crippen LogP contribution in [0.5, 0.6) is 11.5 Å². The largest absolute Gasteiger partial charge is 0.504 e. The van der Waals surface area contributed by atoms with Gasteiger partial charge in [0.1, 0.15) is 11.7 Å². The van der Waals surface area contributed by atoms with Crippen LogP contribution in [0.3, 0.4) is 0 Å². The molecule has 206 valence electrons. The lowest BCUT2D eigenvalue weighted by atomic mass is 9.98. The molecule has 1 heterocycles. The third-order valence-electron chi connectivity index (χ3n) is 6.07. The molecule has 0 unspecified atom stereocenters. The lowest BCUT2D eigenvalue weighted by Gasteiger charge is -2.17. The Hall–Kier alpha value is -5.13. The number of halogens is 3. The number of esters is 1. The van der Waals surface area contributed by atoms with Crippen LogP contribution in [0.1, 0.15) is 32.0 Å². The number of phenols is 2. The molecule has 0 fully saturated rings. The molecule has 1 amide bonds. The van der Waals surface area contributed by atoms with Gasteiger partial charge in [-0.15, -0.1) is 0 Å². The summed E-state index contributed by atoms with van der Waals surface area (Å²) in [6.07, 6.45) is -4.69. The molecular formula is C28H21F3N2O7. The van der Waals surface area contributed by atoms with Gasteiger partial charge in [0.05, 0.1) is 23.8 Å². The van der Waals surface area contributed by atoms with E-state index in [0.29, 0.717) is 11.1 Å². The Balaban J connectivity index is 1.68. The van der Waals surface area contributed by atoms with Crippen molar-refractivity contribution in [2.24, 2.45) is 0 Å². The summed E-state index contributed by atoms with van der Waals surface area (Å²) in [5.41, 5.74) is -0.554. The predicted molar refractivity (Wildman–Crippen MR) is 136 cm³/mol. The number of benzene rings is 3. The minimum absolute atomic E-state index is 0.0823. The molecule has 4 aromatic rings. The first-order valence-corrected chi connectivity index (χ1v) is 11.6. The summed E-state index contributed by atoms with van der Waals surface area (Å²) < 4.78 is 44.3. The molecule has 0 aliphatic carbocycles. The summed E-state index contributed by atoms with van der Waals surface area (Å²) in [7, 11) is 1.11. The molecule has 0 bridgehead atoms. The van der Waals surface area contributed by atoms with Crippen molar-refractivity contribution < 1.29 is 47.6 Å². The van der Waals surface area contributed by atoms with Crippen molar-refractivity contribution in [1.29, 1.82) is 0 Å². The number of hydrogen-bond acceptors (Lipinski definition) is 7. The average Bonchev–Trinajstić information content (AvgIpc) is 2.92. The molecule has 4 N–H and O–H groups in total. The topological polar surface area (TPSA) is 146 Å². The van der Waals surface area contributed by atoms with Crippen LogP contribution < -0.4 is 5.32 Å². The van der Waals surface area contributed by atoms with E-state index in [4.69, 9.17) is 4.74 Å². The standard InChI is InChI=1S/C28H21F3N2O7/c1-40-27(39)22(9-14-5-8-23(34)24(35)10-14)33-25(36)21-13-19(26(37)38)18-12-16(6-7-20(18)32-21)15-3-2-4-17(11-15)28(29,30)31/h2-8,10-13,22,34-35H,9H2,1H3,(H,33,36)(H,37,38)/t22-/m0/s1. The van der Waals surface area contributed by atoms with Gasteiger partial charge in [0.2, 0.25) is 0 Å². The zero-order valence-corrected chi connectivity index (χ0v) is 20.7. The maximum absolute atomic E-state index is 13.2. The van der Waals surface area contributed by atoms with Gasteiger partial charge >= 0.3 is 18.1 Å². The second-order valence-corrected chi connectivity index (χ2v) is 8.75. The number of nitrogens with zero attached hydrogens (tertiary/aromatic N) is 1. The van der Waals surface area contributed by atoms with Gasteiger partial charge in [-0.1, -0.05) is 24.3 Å². The number of aromatic carboxylic acids is 1. The van der Waals surface area contributed by atoms with Gasteiger partial charge in [0.15, 0.2) is 11.5 Å². The van der Waals surface area contributed by atoms with E-state index in [1.807, 2.05) is 0 Å². The van der Waals surface area contributed by atoms with Crippen LogP contribution in [0.25, 0.3) is 22.0 Å². The lowest BCUT2D eigenvalue weighted by Crippen LogP contribution is -2.43. The minimum atomic E-state index is -4.56. The molecule has 12 heteroatoms. The number of methoxy groups -OCH3 is 1. The zero-order chi connectivity index (χ0) is 29.2. The summed E-state index contributed by atoms with van der Waals surface area (Å²) in [6, 6.07) is 12.3. The monoisotopic (exact) mass is 554 g/mol. The number of aromatic nitrogens is 1. The average molecular weight is 554 g/mol. The number of aromatic hydroxyl groups is 2. The molecule has 1 aromatic heterocycles. The van der Waals surface area contributed by atoms with Crippen molar-refractivity contribution in [3.05, 3.63) is 89.1 Å². The highest BCUT2D eigenvalue weighted by Crippen LogP contribution is 2.33. The second kappa shape index (κ2) is 10.9. The number of alkyl halides is 3. The molecule has 0 aliphatic heterocycles. The first-order valence-electron chi connectivity index (χ1n) is 11.6. The summed E-state index contributed by atoms with van der Waals surface area (Å²) >= 11 is 0. The summed E-state index contributed by atoms with van der Waals surface area (Å²) in [6.45, 7) is 0. The van der Waals surface area contributed by atoms with E-state index >= 15 is 0 Å². The van der Waals surface area contributed by atoms with Crippen molar-refractivity contribution in [2.75, 3.05) is 7.11 Å². The first-order chi connectivity index (χ1) is 18.9. The highest BCUT2D eigenvalue weighted by atomic mass is 19.4. The van der Waals surface area contributed by atoms with E-state index < -0.39 is 41.4 Å². The zero-order valence-electron chi connectivity index (χ0n) is 20.7. The Morgan fingerprint density at radius 1 is 0.950 bits per heavy atom. The van der Waals surface area contributed by atoms with Crippen LogP contribution in [0.15, 0.2) is 66.7 Å². The molecule has 0 aliphatic rings. The third kappa shape index (κ3) is 5.96. The molecule has 3 aromatic carbocycles. The van der Waals surface area contributed by atoms with E-state index in [2.05, 4.69) is 10.3 Å². The van der Waals surface area contributed by atoms with E-state index in [0.717, 1.165) is 25.3 Å². The van der Waals surface area contributed by atoms with Crippen LogP contribution in [-0.4, -0.2) is 51.3 Å². The number of hydrogen-bond donors (Lipinski definition) is 4. The van der Waals surface area contributed by atoms with Crippen molar-refractivity contribution in [3.8, 4) is 22.6 Å². The van der Waals surface area contributed by atoms with E-state index in [-0.39, 0.29) is 39.9 Å². The van der Waals surface area contributed by atoms with E-state index in [1.165, 1.54) is 48.5 Å². The molecular weight excluding hydrogens is 533 g/mol. The summed E-state index contributed by atoms with van der Waals surface area (Å²) in [4.78, 5) is 41.7. The molecule has 9 nitrogen and oxygen atoms in total. The maximum atomic E-state index is 13.2. The lowest BCUT2D eigenvalue weighted by molar-refractivity contribution is -0.143. The van der Waals surface area contributed by atoms with Crippen LogP contribution in [0, 0.1) is 0 Å². The van der Waals surface area contributed by atoms with Gasteiger partial charge in [-0.05, 0) is 59.2 Å². The van der Waals surface area contributed by atoms with Crippen molar-refractivity contribution in [3.63, 3.8) is 0 Å². The number of carboxylic acids is 1. The number of fused-ring (bicyclic) bond motifs is 1. The second-order valence-electron chi connectivity index (χ2n) is 8.75. The van der Waals surface area contributed by atoms with Crippen LogP contribution in [-0.2, 0) is 22.1 Å². The molecule has 1 atom stereocenters. The Morgan fingerprint density at radius 2 is 1.68 bits per heavy atom. The fraction of sp³-hybridized carbons (Fsp3) is 0.143. The minimum Gasteiger partial charge on any atom is -0.504 e. The highest BCUT2D eigenvalue weighted by molar-refractivity contribution is 6.07. The molecule has 4 rings (SSSR count). The number of pyridine rings is 1. The molecule has 0 spiro atoms. The van der Waals surface area contributed by atoms with Crippen LogP contribution in [0.4, 0.5) is 13.2 Å². The van der Waals surface area contributed by atoms with Gasteiger partial charge in [0.25, 0.3) is 5.91 Å². The number of amides is 1. The normalized spacial score (nSPS) is 12.1. The summed E-state index contributed by atoms with van der Waals surface area (Å²) in [5, 5.41) is 31.6. The Labute approximate surface area is 224 Å². The quantitative estimate of drug-likeness (QED) is 0.192. The maximum Gasteiger partial charge on any atom is 0.416 e. The third-order valence-corrected chi connectivity index (χ3v) is 6.07. The molecule has 0 saturated heterocycles. The Morgan fingerprint density at radius 3 is 2.33 bits per heavy atom. The SMILES string of the molecule is COC(=O)[C@H](Cc1ccc(O)c(O)c1)NC(=O)c1cc(C(=O)O)c2cc(-c3cccc(C(F)(F)F)c3)ccc2n1. The van der Waals surface area contributed by atoms with Crippen molar-refractivity contribution in [2.45, 2.75) is 18.6 Å². The fourth-order valence-electron chi connectivity index (χ4n) is 4.07.